The van der Waals surface area contributed by atoms with Crippen LogP contribution >= 0.6 is 11.8 Å². The quantitative estimate of drug-likeness (QED) is 0.377. The van der Waals surface area contributed by atoms with E-state index < -0.39 is 0 Å². The number of hydrogen-bond acceptors (Lipinski definition) is 6. The first kappa shape index (κ1) is 16.6. The lowest BCUT2D eigenvalue weighted by molar-refractivity contribution is -0.134. The van der Waals surface area contributed by atoms with Gasteiger partial charge in [-0.15, -0.1) is 11.8 Å². The SMILES string of the molecule is COC(=O)/C=C/c1ccc2oc(-c3ccc4c(c3)OCO4)c(SC)c2c1. The van der Waals surface area contributed by atoms with Crippen LogP contribution in [-0.4, -0.2) is 26.1 Å². The summed E-state index contributed by atoms with van der Waals surface area (Å²) in [6, 6.07) is 11.6. The highest BCUT2D eigenvalue weighted by atomic mass is 32.2. The van der Waals surface area contributed by atoms with E-state index in [4.69, 9.17) is 13.9 Å². The first-order valence-electron chi connectivity index (χ1n) is 7.96. The minimum Gasteiger partial charge on any atom is -0.466 e. The molecule has 2 heterocycles. The Morgan fingerprint density at radius 2 is 2.00 bits per heavy atom. The van der Waals surface area contributed by atoms with Crippen molar-refractivity contribution in [3.63, 3.8) is 0 Å². The first-order chi connectivity index (χ1) is 12.7. The highest BCUT2D eigenvalue weighted by molar-refractivity contribution is 7.99. The van der Waals surface area contributed by atoms with Crippen LogP contribution in [0.2, 0.25) is 0 Å². The summed E-state index contributed by atoms with van der Waals surface area (Å²) in [7, 11) is 1.36. The molecule has 0 radical (unpaired) electrons. The van der Waals surface area contributed by atoms with E-state index in [1.54, 1.807) is 17.8 Å². The van der Waals surface area contributed by atoms with Gasteiger partial charge in [-0.25, -0.2) is 4.79 Å². The molecule has 1 aliphatic rings. The molecular weight excluding hydrogens is 352 g/mol. The van der Waals surface area contributed by atoms with E-state index >= 15 is 0 Å². The summed E-state index contributed by atoms with van der Waals surface area (Å²) in [6.45, 7) is 0.240. The van der Waals surface area contributed by atoms with Crippen molar-refractivity contribution >= 4 is 34.8 Å². The molecule has 26 heavy (non-hydrogen) atoms. The van der Waals surface area contributed by atoms with E-state index in [-0.39, 0.29) is 12.8 Å². The maximum Gasteiger partial charge on any atom is 0.330 e. The molecule has 3 aromatic rings. The van der Waals surface area contributed by atoms with E-state index in [1.807, 2.05) is 42.7 Å². The van der Waals surface area contributed by atoms with Gasteiger partial charge in [-0.1, -0.05) is 6.07 Å². The smallest absolute Gasteiger partial charge is 0.330 e. The molecule has 2 aromatic carbocycles. The van der Waals surface area contributed by atoms with Gasteiger partial charge in [0.1, 0.15) is 11.3 Å². The van der Waals surface area contributed by atoms with Crippen LogP contribution in [0.25, 0.3) is 28.4 Å². The van der Waals surface area contributed by atoms with Gasteiger partial charge in [-0.2, -0.15) is 0 Å². The van der Waals surface area contributed by atoms with Crippen LogP contribution in [-0.2, 0) is 9.53 Å². The van der Waals surface area contributed by atoms with Crippen molar-refractivity contribution in [3.8, 4) is 22.8 Å². The summed E-state index contributed by atoms with van der Waals surface area (Å²) >= 11 is 1.62. The number of furan rings is 1. The number of esters is 1. The number of hydrogen-bond donors (Lipinski definition) is 0. The second-order valence-electron chi connectivity index (χ2n) is 5.64. The van der Waals surface area contributed by atoms with Gasteiger partial charge in [-0.05, 0) is 48.2 Å². The number of methoxy groups -OCH3 is 1. The third kappa shape index (κ3) is 2.93. The minimum atomic E-state index is -0.386. The zero-order chi connectivity index (χ0) is 18.1. The Kier molecular flexibility index (Phi) is 4.34. The molecule has 0 unspecified atom stereocenters. The third-order valence-corrected chi connectivity index (χ3v) is 4.93. The molecule has 6 heteroatoms. The minimum absolute atomic E-state index is 0.240. The number of ether oxygens (including phenoxy) is 3. The fraction of sp³-hybridized carbons (Fsp3) is 0.150. The Balaban J connectivity index is 1.78. The summed E-state index contributed by atoms with van der Waals surface area (Å²) in [5.74, 6) is 1.87. The second-order valence-corrected chi connectivity index (χ2v) is 6.46. The average molecular weight is 368 g/mol. The second kappa shape index (κ2) is 6.80. The van der Waals surface area contributed by atoms with Crippen LogP contribution in [0.4, 0.5) is 0 Å². The van der Waals surface area contributed by atoms with E-state index in [1.165, 1.54) is 13.2 Å². The van der Waals surface area contributed by atoms with Crippen LogP contribution < -0.4 is 9.47 Å². The van der Waals surface area contributed by atoms with Gasteiger partial charge in [0.25, 0.3) is 0 Å². The monoisotopic (exact) mass is 368 g/mol. The predicted molar refractivity (Wildman–Crippen MR) is 101 cm³/mol. The molecule has 1 aromatic heterocycles. The topological polar surface area (TPSA) is 57.9 Å². The van der Waals surface area contributed by atoms with Gasteiger partial charge in [0.15, 0.2) is 11.5 Å². The summed E-state index contributed by atoms with van der Waals surface area (Å²) < 4.78 is 21.6. The Morgan fingerprint density at radius 3 is 2.81 bits per heavy atom. The normalized spacial score (nSPS) is 12.8. The third-order valence-electron chi connectivity index (χ3n) is 4.12. The molecule has 0 amide bonds. The molecular formula is C20H16O5S. The molecule has 0 saturated heterocycles. The van der Waals surface area contributed by atoms with E-state index in [2.05, 4.69) is 4.74 Å². The average Bonchev–Trinajstić information content (AvgIpc) is 3.28. The molecule has 0 bridgehead atoms. The molecule has 4 rings (SSSR count). The number of benzene rings is 2. The van der Waals surface area contributed by atoms with Crippen LogP contribution in [0.1, 0.15) is 5.56 Å². The van der Waals surface area contributed by atoms with Crippen molar-refractivity contribution in [2.45, 2.75) is 4.90 Å². The highest BCUT2D eigenvalue weighted by Crippen LogP contribution is 2.43. The highest BCUT2D eigenvalue weighted by Gasteiger charge is 2.19. The van der Waals surface area contributed by atoms with Crippen molar-refractivity contribution in [1.29, 1.82) is 0 Å². The fourth-order valence-corrected chi connectivity index (χ4v) is 3.58. The molecule has 0 aliphatic carbocycles. The predicted octanol–water partition coefficient (Wildman–Crippen LogP) is 4.74. The molecule has 0 spiro atoms. The number of rotatable bonds is 4. The lowest BCUT2D eigenvalue weighted by atomic mass is 10.1. The van der Waals surface area contributed by atoms with E-state index in [0.717, 1.165) is 44.3 Å². The molecule has 0 atom stereocenters. The number of carbonyl (C=O) groups is 1. The zero-order valence-electron chi connectivity index (χ0n) is 14.3. The van der Waals surface area contributed by atoms with Gasteiger partial charge in [-0.3, -0.25) is 0 Å². The number of thioether (sulfide) groups is 1. The lowest BCUT2D eigenvalue weighted by Gasteiger charge is -2.02. The molecule has 0 fully saturated rings. The Hall–Kier alpha value is -2.86. The van der Waals surface area contributed by atoms with Crippen LogP contribution in [0.15, 0.2) is 51.8 Å². The fourth-order valence-electron chi connectivity index (χ4n) is 2.86. The summed E-state index contributed by atoms with van der Waals surface area (Å²) in [6.07, 6.45) is 5.14. The summed E-state index contributed by atoms with van der Waals surface area (Å²) in [5.41, 5.74) is 2.62. The van der Waals surface area contributed by atoms with Crippen molar-refractivity contribution in [1.82, 2.24) is 0 Å². The van der Waals surface area contributed by atoms with Gasteiger partial charge in [0.2, 0.25) is 6.79 Å². The molecule has 0 N–H and O–H groups in total. The van der Waals surface area contributed by atoms with Gasteiger partial charge < -0.3 is 18.6 Å². The van der Waals surface area contributed by atoms with Crippen LogP contribution in [0.3, 0.4) is 0 Å². The molecule has 132 valence electrons. The zero-order valence-corrected chi connectivity index (χ0v) is 15.1. The van der Waals surface area contributed by atoms with Crippen molar-refractivity contribution in [3.05, 3.63) is 48.0 Å². The Bertz CT molecular complexity index is 1020. The lowest BCUT2D eigenvalue weighted by Crippen LogP contribution is -1.93. The van der Waals surface area contributed by atoms with E-state index in [0.29, 0.717) is 0 Å². The van der Waals surface area contributed by atoms with Crippen molar-refractivity contribution < 1.29 is 23.4 Å². The summed E-state index contributed by atoms with van der Waals surface area (Å²) in [5, 5.41) is 0.997. The maximum atomic E-state index is 11.3. The molecule has 5 nitrogen and oxygen atoms in total. The van der Waals surface area contributed by atoms with E-state index in [9.17, 15) is 4.79 Å². The maximum absolute atomic E-state index is 11.3. The number of fused-ring (bicyclic) bond motifs is 2. The summed E-state index contributed by atoms with van der Waals surface area (Å²) in [4.78, 5) is 12.3. The molecule has 1 aliphatic heterocycles. The number of carbonyl (C=O) groups excluding carboxylic acids is 1. The van der Waals surface area contributed by atoms with Crippen molar-refractivity contribution in [2.24, 2.45) is 0 Å². The molecule has 0 saturated carbocycles. The Morgan fingerprint density at radius 1 is 1.15 bits per heavy atom. The largest absolute Gasteiger partial charge is 0.466 e. The van der Waals surface area contributed by atoms with Gasteiger partial charge >= 0.3 is 5.97 Å². The standard InChI is InChI=1S/C20H16O5S/c1-22-18(21)8-4-12-3-6-15-14(9-12)20(26-2)19(25-15)13-5-7-16-17(10-13)24-11-23-16/h3-10H,11H2,1-2H3/b8-4+. The Labute approximate surface area is 154 Å². The van der Waals surface area contributed by atoms with Gasteiger partial charge in [0, 0.05) is 17.0 Å². The van der Waals surface area contributed by atoms with Crippen LogP contribution in [0.5, 0.6) is 11.5 Å². The first-order valence-corrected chi connectivity index (χ1v) is 9.18. The van der Waals surface area contributed by atoms with Gasteiger partial charge in [0.05, 0.1) is 12.0 Å². The van der Waals surface area contributed by atoms with Crippen LogP contribution in [0, 0.1) is 0 Å². The van der Waals surface area contributed by atoms with Crippen molar-refractivity contribution in [2.75, 3.05) is 20.2 Å².